The SMILES string of the molecule is CC(C)(c1cccc(-c2[c-]cc(F)cc2F)n1)c1ccn(-c2[c-]cccc2)n1.[Pt+2]. The number of benzene rings is 2. The van der Waals surface area contributed by atoms with Crippen LogP contribution in [0.5, 0.6) is 0 Å². The van der Waals surface area contributed by atoms with Gasteiger partial charge in [0.15, 0.2) is 0 Å². The fourth-order valence-corrected chi connectivity index (χ4v) is 3.01. The molecular weight excluding hydrogens is 551 g/mol. The first kappa shape index (κ1) is 21.1. The standard InChI is InChI=1S/C23H17F2N3.Pt/c1-23(2,22-13-14-28(27-22)17-7-4-3-5-8-17)21-10-6-9-20(26-21)18-12-11-16(24)15-19(18)25;/h3-7,9-11,13-15H,1-2H3;/q-2;+2. The molecule has 0 unspecified atom stereocenters. The van der Waals surface area contributed by atoms with E-state index in [0.717, 1.165) is 29.2 Å². The summed E-state index contributed by atoms with van der Waals surface area (Å²) in [6.07, 6.45) is 1.88. The number of aromatic nitrogens is 3. The molecule has 0 saturated heterocycles. The van der Waals surface area contributed by atoms with Crippen molar-refractivity contribution < 1.29 is 29.8 Å². The second-order valence-corrected chi connectivity index (χ2v) is 6.97. The van der Waals surface area contributed by atoms with Crippen molar-refractivity contribution in [2.24, 2.45) is 0 Å². The number of hydrogen-bond donors (Lipinski definition) is 0. The van der Waals surface area contributed by atoms with E-state index in [1.165, 1.54) is 0 Å². The number of para-hydroxylation sites is 1. The maximum atomic E-state index is 14.1. The first-order valence-corrected chi connectivity index (χ1v) is 8.83. The second-order valence-electron chi connectivity index (χ2n) is 6.97. The predicted molar refractivity (Wildman–Crippen MR) is 103 cm³/mol. The van der Waals surface area contributed by atoms with Gasteiger partial charge in [-0.15, -0.1) is 18.2 Å². The minimum absolute atomic E-state index is 0. The molecule has 2 aromatic heterocycles. The van der Waals surface area contributed by atoms with Crippen molar-refractivity contribution in [3.05, 3.63) is 102 Å². The van der Waals surface area contributed by atoms with Gasteiger partial charge in [0.05, 0.1) is 11.1 Å². The Bertz CT molecular complexity index is 1120. The summed E-state index contributed by atoms with van der Waals surface area (Å²) < 4.78 is 29.1. The summed E-state index contributed by atoms with van der Waals surface area (Å²) in [6.45, 7) is 4.01. The zero-order valence-electron chi connectivity index (χ0n) is 15.8. The summed E-state index contributed by atoms with van der Waals surface area (Å²) in [5.41, 5.74) is 2.41. The normalized spacial score (nSPS) is 11.2. The smallest absolute Gasteiger partial charge is 0.300 e. The maximum absolute atomic E-state index is 14.1. The molecule has 0 atom stereocenters. The largest absolute Gasteiger partial charge is 2.00 e. The molecule has 6 heteroatoms. The summed E-state index contributed by atoms with van der Waals surface area (Å²) in [4.78, 5) is 4.61. The van der Waals surface area contributed by atoms with E-state index in [0.29, 0.717) is 5.69 Å². The molecule has 2 aromatic carbocycles. The maximum Gasteiger partial charge on any atom is 2.00 e. The predicted octanol–water partition coefficient (Wildman–Crippen LogP) is 5.14. The molecule has 29 heavy (non-hydrogen) atoms. The van der Waals surface area contributed by atoms with Crippen LogP contribution in [0.4, 0.5) is 8.78 Å². The molecule has 0 bridgehead atoms. The quantitative estimate of drug-likeness (QED) is 0.320. The van der Waals surface area contributed by atoms with Gasteiger partial charge in [-0.1, -0.05) is 23.8 Å². The Morgan fingerprint density at radius 1 is 0.966 bits per heavy atom. The Morgan fingerprint density at radius 3 is 2.52 bits per heavy atom. The number of nitrogens with zero attached hydrogens (tertiary/aromatic N) is 3. The van der Waals surface area contributed by atoms with Crippen molar-refractivity contribution in [3.8, 4) is 16.9 Å². The van der Waals surface area contributed by atoms with Crippen LogP contribution in [0.25, 0.3) is 16.9 Å². The summed E-state index contributed by atoms with van der Waals surface area (Å²) in [6, 6.07) is 22.6. The van der Waals surface area contributed by atoms with E-state index in [2.05, 4.69) is 22.2 Å². The molecule has 148 valence electrons. The van der Waals surface area contributed by atoms with Gasteiger partial charge in [0.1, 0.15) is 0 Å². The Morgan fingerprint density at radius 2 is 1.79 bits per heavy atom. The molecule has 0 aliphatic rings. The van der Waals surface area contributed by atoms with E-state index in [1.54, 1.807) is 16.8 Å². The summed E-state index contributed by atoms with van der Waals surface area (Å²) in [5, 5.41) is 4.67. The Kier molecular flexibility index (Phi) is 6.09. The van der Waals surface area contributed by atoms with Crippen LogP contribution >= 0.6 is 0 Å². The fourth-order valence-electron chi connectivity index (χ4n) is 3.01. The molecule has 2 heterocycles. The number of rotatable bonds is 4. The first-order chi connectivity index (χ1) is 13.4. The van der Waals surface area contributed by atoms with Crippen LogP contribution in [0, 0.1) is 23.8 Å². The third-order valence-electron chi connectivity index (χ3n) is 4.67. The van der Waals surface area contributed by atoms with Crippen molar-refractivity contribution in [3.63, 3.8) is 0 Å². The Balaban J connectivity index is 0.00000240. The van der Waals surface area contributed by atoms with Gasteiger partial charge in [-0.3, -0.25) is 13.5 Å². The van der Waals surface area contributed by atoms with Gasteiger partial charge >= 0.3 is 21.1 Å². The average Bonchev–Trinajstić information content (AvgIpc) is 3.20. The van der Waals surface area contributed by atoms with Crippen LogP contribution < -0.4 is 0 Å². The van der Waals surface area contributed by atoms with Gasteiger partial charge in [-0.05, 0) is 37.4 Å². The number of pyridine rings is 1. The molecule has 0 spiro atoms. The molecule has 0 aliphatic heterocycles. The zero-order valence-corrected chi connectivity index (χ0v) is 18.0. The molecule has 0 aliphatic carbocycles. The van der Waals surface area contributed by atoms with Gasteiger partial charge in [0.25, 0.3) is 0 Å². The molecule has 0 radical (unpaired) electrons. The molecule has 0 amide bonds. The van der Waals surface area contributed by atoms with Crippen molar-refractivity contribution in [1.82, 2.24) is 14.8 Å². The van der Waals surface area contributed by atoms with Gasteiger partial charge in [-0.25, -0.2) is 0 Å². The van der Waals surface area contributed by atoms with Gasteiger partial charge in [-0.2, -0.15) is 29.4 Å². The van der Waals surface area contributed by atoms with Crippen molar-refractivity contribution in [2.75, 3.05) is 0 Å². The topological polar surface area (TPSA) is 30.7 Å². The van der Waals surface area contributed by atoms with E-state index < -0.39 is 17.0 Å². The van der Waals surface area contributed by atoms with Gasteiger partial charge in [0.2, 0.25) is 0 Å². The minimum Gasteiger partial charge on any atom is -0.300 e. The summed E-state index contributed by atoms with van der Waals surface area (Å²) in [7, 11) is 0. The van der Waals surface area contributed by atoms with E-state index >= 15 is 0 Å². The zero-order chi connectivity index (χ0) is 19.7. The van der Waals surface area contributed by atoms with Crippen molar-refractivity contribution in [2.45, 2.75) is 19.3 Å². The monoisotopic (exact) mass is 568 g/mol. The third kappa shape index (κ3) is 4.20. The second kappa shape index (κ2) is 8.38. The first-order valence-electron chi connectivity index (χ1n) is 8.83. The molecule has 0 fully saturated rings. The summed E-state index contributed by atoms with van der Waals surface area (Å²) in [5.74, 6) is -1.35. The number of halogens is 2. The van der Waals surface area contributed by atoms with Crippen LogP contribution in [-0.2, 0) is 26.5 Å². The van der Waals surface area contributed by atoms with E-state index in [-0.39, 0.29) is 26.6 Å². The Hall–Kier alpha value is -2.65. The Labute approximate surface area is 182 Å². The molecule has 4 aromatic rings. The molecule has 0 N–H and O–H groups in total. The van der Waals surface area contributed by atoms with Crippen LogP contribution in [0.2, 0.25) is 0 Å². The van der Waals surface area contributed by atoms with Crippen LogP contribution in [0.1, 0.15) is 25.2 Å². The molecule has 4 rings (SSSR count). The third-order valence-corrected chi connectivity index (χ3v) is 4.67. The van der Waals surface area contributed by atoms with E-state index in [1.807, 2.05) is 56.4 Å². The van der Waals surface area contributed by atoms with Crippen LogP contribution in [0.15, 0.2) is 66.9 Å². The van der Waals surface area contributed by atoms with Crippen molar-refractivity contribution >= 4 is 0 Å². The van der Waals surface area contributed by atoms with Gasteiger partial charge in [0, 0.05) is 23.5 Å². The van der Waals surface area contributed by atoms with Crippen LogP contribution in [-0.4, -0.2) is 14.8 Å². The van der Waals surface area contributed by atoms with Crippen molar-refractivity contribution in [1.29, 1.82) is 0 Å². The molecule has 3 nitrogen and oxygen atoms in total. The van der Waals surface area contributed by atoms with Gasteiger partial charge < -0.3 is 4.98 Å². The fraction of sp³-hybridized carbons (Fsp3) is 0.130. The minimum atomic E-state index is -0.689. The molecule has 0 saturated carbocycles. The van der Waals surface area contributed by atoms with E-state index in [9.17, 15) is 8.78 Å². The average molecular weight is 568 g/mol. The van der Waals surface area contributed by atoms with Crippen LogP contribution in [0.3, 0.4) is 0 Å². The van der Waals surface area contributed by atoms with E-state index in [4.69, 9.17) is 0 Å². The molecular formula is C23H17F2N3Pt. The number of hydrogen-bond acceptors (Lipinski definition) is 2. The summed E-state index contributed by atoms with van der Waals surface area (Å²) >= 11 is 0.